The Bertz CT molecular complexity index is 652. The predicted molar refractivity (Wildman–Crippen MR) is 81.7 cm³/mol. The second kappa shape index (κ2) is 6.31. The third-order valence-electron chi connectivity index (χ3n) is 3.30. The molecule has 3 rings (SSSR count). The third kappa shape index (κ3) is 3.34. The van der Waals surface area contributed by atoms with Crippen LogP contribution in [-0.4, -0.2) is 31.1 Å². The fourth-order valence-electron chi connectivity index (χ4n) is 2.20. The average Bonchev–Trinajstić information content (AvgIpc) is 2.53. The number of benzene rings is 2. The summed E-state index contributed by atoms with van der Waals surface area (Å²) in [5.74, 6) is 1.87. The minimum Gasteiger partial charge on any atom is -0.507 e. The summed E-state index contributed by atoms with van der Waals surface area (Å²) in [6.07, 6.45) is 2.52. The number of fused-ring (bicyclic) bond motifs is 1. The summed E-state index contributed by atoms with van der Waals surface area (Å²) in [5.41, 5.74) is 1.90. The first-order valence-electron chi connectivity index (χ1n) is 6.99. The first-order chi connectivity index (χ1) is 10.3. The minimum absolute atomic E-state index is 0.251. The van der Waals surface area contributed by atoms with Crippen LogP contribution in [0.5, 0.6) is 17.2 Å². The molecule has 1 N–H and O–H groups in total. The van der Waals surface area contributed by atoms with E-state index in [1.165, 1.54) is 0 Å². The van der Waals surface area contributed by atoms with Crippen LogP contribution >= 0.6 is 0 Å². The van der Waals surface area contributed by atoms with Gasteiger partial charge in [0.05, 0.1) is 0 Å². The lowest BCUT2D eigenvalue weighted by atomic mass is 10.1. The lowest BCUT2D eigenvalue weighted by Crippen LogP contribution is -2.15. The quantitative estimate of drug-likeness (QED) is 0.878. The van der Waals surface area contributed by atoms with E-state index in [0.29, 0.717) is 19.8 Å². The van der Waals surface area contributed by atoms with Gasteiger partial charge >= 0.3 is 0 Å². The molecule has 21 heavy (non-hydrogen) atoms. The van der Waals surface area contributed by atoms with Crippen LogP contribution < -0.4 is 9.47 Å². The smallest absolute Gasteiger partial charge is 0.161 e. The van der Waals surface area contributed by atoms with Gasteiger partial charge in [-0.05, 0) is 36.2 Å². The van der Waals surface area contributed by atoms with E-state index >= 15 is 0 Å². The van der Waals surface area contributed by atoms with Gasteiger partial charge in [-0.15, -0.1) is 0 Å². The first kappa shape index (κ1) is 13.5. The van der Waals surface area contributed by atoms with E-state index < -0.39 is 0 Å². The highest BCUT2D eigenvalue weighted by Crippen LogP contribution is 2.30. The van der Waals surface area contributed by atoms with E-state index in [9.17, 15) is 5.11 Å². The van der Waals surface area contributed by atoms with Gasteiger partial charge in [-0.3, -0.25) is 4.99 Å². The molecule has 2 aromatic rings. The van der Waals surface area contributed by atoms with Gasteiger partial charge in [0, 0.05) is 18.3 Å². The fourth-order valence-corrected chi connectivity index (χ4v) is 2.20. The van der Waals surface area contributed by atoms with Gasteiger partial charge in [-0.25, -0.2) is 0 Å². The van der Waals surface area contributed by atoms with Crippen molar-refractivity contribution in [3.8, 4) is 17.2 Å². The lowest BCUT2D eigenvalue weighted by Gasteiger charge is -2.18. The summed E-state index contributed by atoms with van der Waals surface area (Å²) in [6.45, 7) is 1.87. The Kier molecular flexibility index (Phi) is 4.05. The van der Waals surface area contributed by atoms with Gasteiger partial charge in [-0.2, -0.15) is 0 Å². The molecular weight excluding hydrogens is 266 g/mol. The number of hydrogen-bond donors (Lipinski definition) is 1. The van der Waals surface area contributed by atoms with Crippen LogP contribution in [0.4, 0.5) is 0 Å². The van der Waals surface area contributed by atoms with E-state index in [1.807, 2.05) is 30.3 Å². The SMILES string of the molecule is Oc1ccccc1C=NCCc1ccc2c(c1)OCCO2. The Morgan fingerprint density at radius 1 is 1.05 bits per heavy atom. The van der Waals surface area contributed by atoms with Crippen LogP contribution in [-0.2, 0) is 6.42 Å². The van der Waals surface area contributed by atoms with Crippen molar-refractivity contribution in [2.45, 2.75) is 6.42 Å². The maximum absolute atomic E-state index is 9.64. The number of rotatable bonds is 4. The predicted octanol–water partition coefficient (Wildman–Crippen LogP) is 2.83. The van der Waals surface area contributed by atoms with Gasteiger partial charge < -0.3 is 14.6 Å². The number of para-hydroxylation sites is 1. The fraction of sp³-hybridized carbons (Fsp3) is 0.235. The van der Waals surface area contributed by atoms with Crippen molar-refractivity contribution < 1.29 is 14.6 Å². The Morgan fingerprint density at radius 2 is 1.86 bits per heavy atom. The molecule has 0 amide bonds. The molecule has 0 saturated carbocycles. The van der Waals surface area contributed by atoms with Gasteiger partial charge in [0.25, 0.3) is 0 Å². The normalized spacial score (nSPS) is 13.5. The van der Waals surface area contributed by atoms with Crippen LogP contribution in [0.15, 0.2) is 47.5 Å². The molecule has 1 heterocycles. The lowest BCUT2D eigenvalue weighted by molar-refractivity contribution is 0.171. The zero-order chi connectivity index (χ0) is 14.5. The number of nitrogens with zero attached hydrogens (tertiary/aromatic N) is 1. The van der Waals surface area contributed by atoms with Crippen LogP contribution in [0.1, 0.15) is 11.1 Å². The molecule has 0 fully saturated rings. The maximum Gasteiger partial charge on any atom is 0.161 e. The topological polar surface area (TPSA) is 51.1 Å². The zero-order valence-corrected chi connectivity index (χ0v) is 11.7. The molecule has 0 radical (unpaired) electrons. The number of phenolic OH excluding ortho intramolecular Hbond substituents is 1. The molecule has 108 valence electrons. The summed E-state index contributed by atoms with van der Waals surface area (Å²) in [5, 5.41) is 9.64. The molecule has 1 aliphatic rings. The van der Waals surface area contributed by atoms with E-state index in [0.717, 1.165) is 29.0 Å². The molecular formula is C17H17NO3. The van der Waals surface area contributed by atoms with E-state index in [1.54, 1.807) is 18.3 Å². The minimum atomic E-state index is 0.251. The molecule has 0 aromatic heterocycles. The highest BCUT2D eigenvalue weighted by Gasteiger charge is 2.11. The molecule has 2 aromatic carbocycles. The molecule has 0 atom stereocenters. The molecule has 0 saturated heterocycles. The maximum atomic E-state index is 9.64. The summed E-state index contributed by atoms with van der Waals surface area (Å²) in [6, 6.07) is 13.1. The molecule has 0 aliphatic carbocycles. The van der Waals surface area contributed by atoms with E-state index in [-0.39, 0.29) is 5.75 Å². The van der Waals surface area contributed by atoms with Crippen LogP contribution in [0, 0.1) is 0 Å². The van der Waals surface area contributed by atoms with Gasteiger partial charge in [-0.1, -0.05) is 18.2 Å². The average molecular weight is 283 g/mol. The summed E-state index contributed by atoms with van der Waals surface area (Å²) >= 11 is 0. The highest BCUT2D eigenvalue weighted by molar-refractivity contribution is 5.83. The molecule has 4 heteroatoms. The third-order valence-corrected chi connectivity index (χ3v) is 3.30. The van der Waals surface area contributed by atoms with Gasteiger partial charge in [0.2, 0.25) is 0 Å². The first-order valence-corrected chi connectivity index (χ1v) is 6.99. The second-order valence-corrected chi connectivity index (χ2v) is 4.82. The number of aliphatic imine (C=N–C) groups is 1. The number of hydrogen-bond acceptors (Lipinski definition) is 4. The largest absolute Gasteiger partial charge is 0.507 e. The van der Waals surface area contributed by atoms with Crippen molar-refractivity contribution in [2.75, 3.05) is 19.8 Å². The molecule has 0 bridgehead atoms. The Morgan fingerprint density at radius 3 is 2.71 bits per heavy atom. The van der Waals surface area contributed by atoms with Crippen molar-refractivity contribution in [2.24, 2.45) is 4.99 Å². The Balaban J connectivity index is 1.59. The number of aromatic hydroxyl groups is 1. The highest BCUT2D eigenvalue weighted by atomic mass is 16.6. The number of phenols is 1. The Hall–Kier alpha value is -2.49. The van der Waals surface area contributed by atoms with Gasteiger partial charge in [0.15, 0.2) is 11.5 Å². The van der Waals surface area contributed by atoms with Crippen LogP contribution in [0.2, 0.25) is 0 Å². The molecule has 1 aliphatic heterocycles. The van der Waals surface area contributed by atoms with Crippen LogP contribution in [0.3, 0.4) is 0 Å². The zero-order valence-electron chi connectivity index (χ0n) is 11.7. The van der Waals surface area contributed by atoms with Crippen LogP contribution in [0.25, 0.3) is 0 Å². The number of ether oxygens (including phenoxy) is 2. The second-order valence-electron chi connectivity index (χ2n) is 4.82. The van der Waals surface area contributed by atoms with Crippen molar-refractivity contribution in [3.63, 3.8) is 0 Å². The van der Waals surface area contributed by atoms with Crippen molar-refractivity contribution in [3.05, 3.63) is 53.6 Å². The standard InChI is InChI=1S/C17H17NO3/c19-15-4-2-1-3-14(15)12-18-8-7-13-5-6-16-17(11-13)21-10-9-20-16/h1-6,11-12,19H,7-10H2. The van der Waals surface area contributed by atoms with E-state index in [2.05, 4.69) is 4.99 Å². The monoisotopic (exact) mass is 283 g/mol. The van der Waals surface area contributed by atoms with Crippen molar-refractivity contribution in [1.82, 2.24) is 0 Å². The van der Waals surface area contributed by atoms with Gasteiger partial charge in [0.1, 0.15) is 19.0 Å². The molecule has 4 nitrogen and oxygen atoms in total. The van der Waals surface area contributed by atoms with Crippen molar-refractivity contribution >= 4 is 6.21 Å². The van der Waals surface area contributed by atoms with Crippen molar-refractivity contribution in [1.29, 1.82) is 0 Å². The Labute approximate surface area is 123 Å². The summed E-state index contributed by atoms with van der Waals surface area (Å²) < 4.78 is 11.1. The van der Waals surface area contributed by atoms with E-state index in [4.69, 9.17) is 9.47 Å². The summed E-state index contributed by atoms with van der Waals surface area (Å²) in [7, 11) is 0. The molecule has 0 unspecified atom stereocenters. The molecule has 0 spiro atoms. The summed E-state index contributed by atoms with van der Waals surface area (Å²) in [4.78, 5) is 4.35.